The predicted molar refractivity (Wildman–Crippen MR) is 96.4 cm³/mol. The highest BCUT2D eigenvalue weighted by Gasteiger charge is 2.07. The van der Waals surface area contributed by atoms with E-state index in [2.05, 4.69) is 25.8 Å². The molecule has 26 heavy (non-hydrogen) atoms. The van der Waals surface area contributed by atoms with Crippen LogP contribution in [0.2, 0.25) is 0 Å². The lowest BCUT2D eigenvalue weighted by molar-refractivity contribution is 0.251. The summed E-state index contributed by atoms with van der Waals surface area (Å²) in [6, 6.07) is 10.7. The summed E-state index contributed by atoms with van der Waals surface area (Å²) < 4.78 is 11.3. The van der Waals surface area contributed by atoms with Gasteiger partial charge in [-0.15, -0.1) is 0 Å². The molecule has 3 rings (SSSR count). The molecule has 0 unspecified atom stereocenters. The van der Waals surface area contributed by atoms with E-state index in [1.165, 1.54) is 6.20 Å². The topological polar surface area (TPSA) is 101 Å². The number of aromatic nitrogens is 3. The van der Waals surface area contributed by atoms with Crippen molar-refractivity contribution in [1.29, 1.82) is 0 Å². The van der Waals surface area contributed by atoms with E-state index >= 15 is 0 Å². The Hall–Kier alpha value is -3.55. The fourth-order valence-corrected chi connectivity index (χ4v) is 2.17. The summed E-state index contributed by atoms with van der Waals surface area (Å²) in [7, 11) is 0. The van der Waals surface area contributed by atoms with E-state index in [0.29, 0.717) is 36.2 Å². The third-order valence-electron chi connectivity index (χ3n) is 3.37. The van der Waals surface area contributed by atoms with Crippen LogP contribution in [-0.4, -0.2) is 27.8 Å². The molecule has 1 aromatic carbocycles. The monoisotopic (exact) mass is 353 g/mol. The number of carbonyl (C=O) groups excluding carboxylic acids is 1. The Balaban J connectivity index is 1.54. The standard InChI is InChI=1S/C18H19N5O3/c1-2-25-15-5-3-4-6-16(15)26-17-8-7-13(9-19-17)10-20-18(24)23-14-11-21-22-12-14/h3-9,11-12H,2,10H2,1H3,(H,21,22)(H2,20,23,24). The maximum Gasteiger partial charge on any atom is 0.319 e. The van der Waals surface area contributed by atoms with Crippen molar-refractivity contribution in [2.24, 2.45) is 0 Å². The van der Waals surface area contributed by atoms with Crippen LogP contribution in [-0.2, 0) is 6.54 Å². The summed E-state index contributed by atoms with van der Waals surface area (Å²) in [4.78, 5) is 16.0. The summed E-state index contributed by atoms with van der Waals surface area (Å²) in [5, 5.41) is 11.8. The molecule has 8 nitrogen and oxygen atoms in total. The zero-order valence-electron chi connectivity index (χ0n) is 14.2. The van der Waals surface area contributed by atoms with E-state index in [-0.39, 0.29) is 6.03 Å². The van der Waals surface area contributed by atoms with Gasteiger partial charge in [0.1, 0.15) is 0 Å². The quantitative estimate of drug-likeness (QED) is 0.605. The Labute approximate surface area is 150 Å². The zero-order chi connectivity index (χ0) is 18.2. The molecule has 0 bridgehead atoms. The summed E-state index contributed by atoms with van der Waals surface area (Å²) in [6.07, 6.45) is 4.76. The minimum absolute atomic E-state index is 0.322. The molecule has 2 aromatic heterocycles. The maximum absolute atomic E-state index is 11.8. The van der Waals surface area contributed by atoms with Crippen molar-refractivity contribution in [3.05, 3.63) is 60.6 Å². The summed E-state index contributed by atoms with van der Waals surface area (Å²) in [5.41, 5.74) is 1.44. The smallest absolute Gasteiger partial charge is 0.319 e. The first kappa shape index (κ1) is 17.3. The van der Waals surface area contributed by atoms with Gasteiger partial charge in [0.2, 0.25) is 5.88 Å². The average Bonchev–Trinajstić information content (AvgIpc) is 3.16. The van der Waals surface area contributed by atoms with Gasteiger partial charge < -0.3 is 20.1 Å². The van der Waals surface area contributed by atoms with E-state index in [0.717, 1.165) is 5.56 Å². The van der Waals surface area contributed by atoms with Crippen LogP contribution in [0.5, 0.6) is 17.4 Å². The zero-order valence-corrected chi connectivity index (χ0v) is 14.2. The van der Waals surface area contributed by atoms with Gasteiger partial charge in [-0.25, -0.2) is 9.78 Å². The number of hydrogen-bond acceptors (Lipinski definition) is 5. The van der Waals surface area contributed by atoms with Gasteiger partial charge in [-0.1, -0.05) is 18.2 Å². The molecule has 0 aliphatic heterocycles. The number of rotatable bonds is 7. The van der Waals surface area contributed by atoms with Crippen molar-refractivity contribution in [1.82, 2.24) is 20.5 Å². The summed E-state index contributed by atoms with van der Waals surface area (Å²) in [6.45, 7) is 2.81. The first-order valence-corrected chi connectivity index (χ1v) is 8.13. The van der Waals surface area contributed by atoms with Crippen molar-refractivity contribution in [2.75, 3.05) is 11.9 Å². The normalized spacial score (nSPS) is 10.2. The first-order chi connectivity index (χ1) is 12.7. The van der Waals surface area contributed by atoms with E-state index in [4.69, 9.17) is 9.47 Å². The molecular weight excluding hydrogens is 334 g/mol. The van der Waals surface area contributed by atoms with Crippen molar-refractivity contribution < 1.29 is 14.3 Å². The maximum atomic E-state index is 11.8. The molecule has 0 radical (unpaired) electrons. The number of nitrogens with zero attached hydrogens (tertiary/aromatic N) is 2. The minimum atomic E-state index is -0.322. The van der Waals surface area contributed by atoms with Crippen LogP contribution in [0.15, 0.2) is 55.0 Å². The molecule has 0 aliphatic rings. The van der Waals surface area contributed by atoms with Crippen LogP contribution in [0.4, 0.5) is 10.5 Å². The Kier molecular flexibility index (Phi) is 5.66. The summed E-state index contributed by atoms with van der Waals surface area (Å²) in [5.74, 6) is 1.72. The average molecular weight is 353 g/mol. The fraction of sp³-hybridized carbons (Fsp3) is 0.167. The van der Waals surface area contributed by atoms with Crippen molar-refractivity contribution >= 4 is 11.7 Å². The Morgan fingerprint density at radius 3 is 2.69 bits per heavy atom. The van der Waals surface area contributed by atoms with Gasteiger partial charge in [0.15, 0.2) is 11.5 Å². The second kappa shape index (κ2) is 8.52. The number of urea groups is 1. The lowest BCUT2D eigenvalue weighted by Crippen LogP contribution is -2.28. The van der Waals surface area contributed by atoms with Gasteiger partial charge in [0, 0.05) is 25.0 Å². The number of H-pyrrole nitrogens is 1. The first-order valence-electron chi connectivity index (χ1n) is 8.13. The second-order valence-electron chi connectivity index (χ2n) is 5.28. The van der Waals surface area contributed by atoms with Crippen LogP contribution in [0.25, 0.3) is 0 Å². The molecule has 0 spiro atoms. The minimum Gasteiger partial charge on any atom is -0.490 e. The molecule has 3 aromatic rings. The molecule has 0 atom stereocenters. The lowest BCUT2D eigenvalue weighted by atomic mass is 10.3. The summed E-state index contributed by atoms with van der Waals surface area (Å²) >= 11 is 0. The van der Waals surface area contributed by atoms with Crippen LogP contribution in [0.1, 0.15) is 12.5 Å². The molecular formula is C18H19N5O3. The molecule has 0 aliphatic carbocycles. The van der Waals surface area contributed by atoms with E-state index < -0.39 is 0 Å². The number of nitrogens with one attached hydrogen (secondary N) is 3. The highest BCUT2D eigenvalue weighted by atomic mass is 16.5. The highest BCUT2D eigenvalue weighted by molar-refractivity contribution is 5.88. The molecule has 134 valence electrons. The van der Waals surface area contributed by atoms with Gasteiger partial charge >= 0.3 is 6.03 Å². The Morgan fingerprint density at radius 1 is 1.15 bits per heavy atom. The van der Waals surface area contributed by atoms with Crippen LogP contribution >= 0.6 is 0 Å². The highest BCUT2D eigenvalue weighted by Crippen LogP contribution is 2.30. The molecule has 0 fully saturated rings. The largest absolute Gasteiger partial charge is 0.490 e. The molecule has 0 saturated heterocycles. The van der Waals surface area contributed by atoms with E-state index in [9.17, 15) is 4.79 Å². The molecule has 2 heterocycles. The third-order valence-corrected chi connectivity index (χ3v) is 3.37. The molecule has 0 saturated carbocycles. The van der Waals surface area contributed by atoms with E-state index in [1.54, 1.807) is 18.5 Å². The predicted octanol–water partition coefficient (Wildman–Crippen LogP) is 3.32. The van der Waals surface area contributed by atoms with Crippen LogP contribution < -0.4 is 20.1 Å². The number of pyridine rings is 1. The number of amides is 2. The molecule has 3 N–H and O–H groups in total. The van der Waals surface area contributed by atoms with Crippen molar-refractivity contribution in [3.63, 3.8) is 0 Å². The third kappa shape index (κ3) is 4.73. The van der Waals surface area contributed by atoms with Crippen molar-refractivity contribution in [2.45, 2.75) is 13.5 Å². The Bertz CT molecular complexity index is 834. The molecule has 2 amide bonds. The fourth-order valence-electron chi connectivity index (χ4n) is 2.17. The molecule has 8 heteroatoms. The second-order valence-corrected chi connectivity index (χ2v) is 5.28. The van der Waals surface area contributed by atoms with E-state index in [1.807, 2.05) is 37.3 Å². The SMILES string of the molecule is CCOc1ccccc1Oc1ccc(CNC(=O)Nc2cn[nH]c2)cn1. The van der Waals surface area contributed by atoms with Crippen molar-refractivity contribution in [3.8, 4) is 17.4 Å². The lowest BCUT2D eigenvalue weighted by Gasteiger charge is -2.11. The van der Waals surface area contributed by atoms with Gasteiger partial charge in [-0.05, 0) is 24.6 Å². The number of ether oxygens (including phenoxy) is 2. The van der Waals surface area contributed by atoms with Crippen LogP contribution in [0.3, 0.4) is 0 Å². The number of para-hydroxylation sites is 2. The number of hydrogen-bond donors (Lipinski definition) is 3. The number of benzene rings is 1. The van der Waals surface area contributed by atoms with Gasteiger partial charge in [0.05, 0.1) is 18.5 Å². The number of anilines is 1. The number of carbonyl (C=O) groups is 1. The van der Waals surface area contributed by atoms with Crippen LogP contribution in [0, 0.1) is 0 Å². The number of aromatic amines is 1. The van der Waals surface area contributed by atoms with Gasteiger partial charge in [0.25, 0.3) is 0 Å². The van der Waals surface area contributed by atoms with Gasteiger partial charge in [-0.2, -0.15) is 5.10 Å². The Morgan fingerprint density at radius 2 is 2.00 bits per heavy atom. The van der Waals surface area contributed by atoms with Gasteiger partial charge in [-0.3, -0.25) is 5.10 Å².